The zero-order valence-electron chi connectivity index (χ0n) is 12.9. The fourth-order valence-electron chi connectivity index (χ4n) is 2.33. The minimum atomic E-state index is -0.883. The van der Waals surface area contributed by atoms with Gasteiger partial charge in [0.2, 0.25) is 0 Å². The molecule has 0 saturated heterocycles. The number of rotatable bonds is 5. The van der Waals surface area contributed by atoms with E-state index >= 15 is 0 Å². The molecule has 23 heavy (non-hydrogen) atoms. The Morgan fingerprint density at radius 2 is 2.09 bits per heavy atom. The number of carbonyl (C=O) groups excluding carboxylic acids is 2. The molecule has 1 aromatic heterocycles. The average Bonchev–Trinajstić information content (AvgIpc) is 2.58. The van der Waals surface area contributed by atoms with Crippen molar-refractivity contribution in [2.24, 2.45) is 5.92 Å². The second-order valence-corrected chi connectivity index (χ2v) is 5.19. The van der Waals surface area contributed by atoms with Crippen LogP contribution in [0.1, 0.15) is 23.7 Å². The van der Waals surface area contributed by atoms with Gasteiger partial charge in [0.05, 0.1) is 24.3 Å². The molecule has 0 spiro atoms. The number of nitrogens with one attached hydrogen (secondary N) is 1. The molecule has 1 amide bonds. The molecule has 1 N–H and O–H groups in total. The standard InChI is InChI=1S/C17H17N3O3/c1-11(8-9-18)14(17(22)23-2)20-16(21)13-7-3-5-12-6-4-10-19-15(12)13/h3-7,10-11,14H,8H2,1-2H3,(H,20,21)/t11-,14-/m0/s1. The Morgan fingerprint density at radius 1 is 1.35 bits per heavy atom. The molecule has 2 atom stereocenters. The summed E-state index contributed by atoms with van der Waals surface area (Å²) in [6.07, 6.45) is 1.74. The molecule has 0 fully saturated rings. The number of aromatic nitrogens is 1. The van der Waals surface area contributed by atoms with E-state index < -0.39 is 17.9 Å². The Balaban J connectivity index is 2.31. The number of nitriles is 1. The second kappa shape index (κ2) is 7.36. The maximum absolute atomic E-state index is 12.6. The first-order chi connectivity index (χ1) is 11.1. The van der Waals surface area contributed by atoms with Crippen LogP contribution in [0.25, 0.3) is 10.9 Å². The summed E-state index contributed by atoms with van der Waals surface area (Å²) in [5.41, 5.74) is 0.935. The molecular formula is C17H17N3O3. The summed E-state index contributed by atoms with van der Waals surface area (Å²) in [5, 5.41) is 12.3. The van der Waals surface area contributed by atoms with Crippen molar-refractivity contribution >= 4 is 22.8 Å². The van der Waals surface area contributed by atoms with Gasteiger partial charge in [-0.3, -0.25) is 9.78 Å². The monoisotopic (exact) mass is 311 g/mol. The first kappa shape index (κ1) is 16.4. The van der Waals surface area contributed by atoms with Gasteiger partial charge in [-0.2, -0.15) is 5.26 Å². The molecule has 0 radical (unpaired) electrons. The molecule has 0 bridgehead atoms. The highest BCUT2D eigenvalue weighted by molar-refractivity contribution is 6.06. The van der Waals surface area contributed by atoms with E-state index in [9.17, 15) is 9.59 Å². The highest BCUT2D eigenvalue weighted by Gasteiger charge is 2.28. The normalized spacial score (nSPS) is 12.9. The maximum Gasteiger partial charge on any atom is 0.328 e. The summed E-state index contributed by atoms with van der Waals surface area (Å²) < 4.78 is 4.73. The van der Waals surface area contributed by atoms with Crippen LogP contribution in [-0.2, 0) is 9.53 Å². The number of nitrogens with zero attached hydrogens (tertiary/aromatic N) is 2. The molecule has 1 heterocycles. The largest absolute Gasteiger partial charge is 0.467 e. The van der Waals surface area contributed by atoms with Gasteiger partial charge < -0.3 is 10.1 Å². The zero-order chi connectivity index (χ0) is 16.8. The minimum Gasteiger partial charge on any atom is -0.467 e. The topological polar surface area (TPSA) is 92.1 Å². The minimum absolute atomic E-state index is 0.133. The van der Waals surface area contributed by atoms with Gasteiger partial charge in [-0.25, -0.2) is 4.79 Å². The third kappa shape index (κ3) is 3.64. The van der Waals surface area contributed by atoms with Crippen LogP contribution < -0.4 is 5.32 Å². The van der Waals surface area contributed by atoms with Crippen molar-refractivity contribution < 1.29 is 14.3 Å². The number of fused-ring (bicyclic) bond motifs is 1. The zero-order valence-corrected chi connectivity index (χ0v) is 12.9. The molecule has 0 aliphatic carbocycles. The van der Waals surface area contributed by atoms with Gasteiger partial charge in [0.15, 0.2) is 0 Å². The first-order valence-corrected chi connectivity index (χ1v) is 7.18. The lowest BCUT2D eigenvalue weighted by Gasteiger charge is -2.21. The second-order valence-electron chi connectivity index (χ2n) is 5.19. The number of amides is 1. The number of hydrogen-bond acceptors (Lipinski definition) is 5. The Bertz CT molecular complexity index is 762. The van der Waals surface area contributed by atoms with E-state index in [1.165, 1.54) is 7.11 Å². The fourth-order valence-corrected chi connectivity index (χ4v) is 2.33. The molecule has 0 saturated carbocycles. The van der Waals surface area contributed by atoms with Crippen LogP contribution in [-0.4, -0.2) is 30.0 Å². The van der Waals surface area contributed by atoms with Crippen molar-refractivity contribution in [3.8, 4) is 6.07 Å². The molecule has 118 valence electrons. The number of ether oxygens (including phenoxy) is 1. The van der Waals surface area contributed by atoms with Crippen molar-refractivity contribution in [1.82, 2.24) is 10.3 Å². The van der Waals surface area contributed by atoms with E-state index in [1.54, 1.807) is 31.3 Å². The highest BCUT2D eigenvalue weighted by Crippen LogP contribution is 2.17. The van der Waals surface area contributed by atoms with Gasteiger partial charge in [-0.05, 0) is 12.1 Å². The summed E-state index contributed by atoms with van der Waals surface area (Å²) in [6.45, 7) is 1.71. The van der Waals surface area contributed by atoms with Gasteiger partial charge in [-0.15, -0.1) is 0 Å². The van der Waals surface area contributed by atoms with E-state index in [0.29, 0.717) is 11.1 Å². The van der Waals surface area contributed by atoms with Crippen LogP contribution in [0, 0.1) is 17.2 Å². The summed E-state index contributed by atoms with van der Waals surface area (Å²) >= 11 is 0. The number of para-hydroxylation sites is 1. The third-order valence-electron chi connectivity index (χ3n) is 3.60. The summed E-state index contributed by atoms with van der Waals surface area (Å²) in [5.74, 6) is -1.36. The highest BCUT2D eigenvalue weighted by atomic mass is 16.5. The lowest BCUT2D eigenvalue weighted by atomic mass is 9.98. The molecule has 1 aromatic carbocycles. The predicted octanol–water partition coefficient (Wildman–Crippen LogP) is 2.06. The lowest BCUT2D eigenvalue weighted by Crippen LogP contribution is -2.45. The number of benzene rings is 1. The van der Waals surface area contributed by atoms with Gasteiger partial charge >= 0.3 is 5.97 Å². The van der Waals surface area contributed by atoms with Crippen molar-refractivity contribution in [3.05, 3.63) is 42.1 Å². The van der Waals surface area contributed by atoms with E-state index in [0.717, 1.165) is 5.39 Å². The lowest BCUT2D eigenvalue weighted by molar-refractivity contribution is -0.144. The van der Waals surface area contributed by atoms with Crippen molar-refractivity contribution in [1.29, 1.82) is 5.26 Å². The van der Waals surface area contributed by atoms with Gasteiger partial charge in [-0.1, -0.05) is 25.1 Å². The Hall–Kier alpha value is -2.94. The number of esters is 1. The average molecular weight is 311 g/mol. The number of methoxy groups -OCH3 is 1. The van der Waals surface area contributed by atoms with Crippen molar-refractivity contribution in [2.75, 3.05) is 7.11 Å². The van der Waals surface area contributed by atoms with Crippen LogP contribution in [0.4, 0.5) is 0 Å². The predicted molar refractivity (Wildman–Crippen MR) is 84.4 cm³/mol. The Morgan fingerprint density at radius 3 is 2.78 bits per heavy atom. The van der Waals surface area contributed by atoms with Crippen LogP contribution in [0.5, 0.6) is 0 Å². The number of pyridine rings is 1. The molecule has 0 unspecified atom stereocenters. The van der Waals surface area contributed by atoms with Crippen LogP contribution in [0.3, 0.4) is 0 Å². The van der Waals surface area contributed by atoms with E-state index in [1.807, 2.05) is 18.2 Å². The van der Waals surface area contributed by atoms with Gasteiger partial charge in [0.25, 0.3) is 5.91 Å². The van der Waals surface area contributed by atoms with E-state index in [-0.39, 0.29) is 12.3 Å². The quantitative estimate of drug-likeness (QED) is 0.853. The third-order valence-corrected chi connectivity index (χ3v) is 3.60. The Labute approximate surface area is 134 Å². The molecule has 6 nitrogen and oxygen atoms in total. The molecule has 2 rings (SSSR count). The first-order valence-electron chi connectivity index (χ1n) is 7.18. The van der Waals surface area contributed by atoms with Gasteiger partial charge in [0.1, 0.15) is 6.04 Å². The van der Waals surface area contributed by atoms with E-state index in [4.69, 9.17) is 10.00 Å². The van der Waals surface area contributed by atoms with Crippen LogP contribution >= 0.6 is 0 Å². The van der Waals surface area contributed by atoms with Crippen molar-refractivity contribution in [3.63, 3.8) is 0 Å². The fraction of sp³-hybridized carbons (Fsp3) is 0.294. The summed E-state index contributed by atoms with van der Waals surface area (Å²) in [4.78, 5) is 28.7. The van der Waals surface area contributed by atoms with Crippen molar-refractivity contribution in [2.45, 2.75) is 19.4 Å². The summed E-state index contributed by atoms with van der Waals surface area (Å²) in [7, 11) is 1.25. The molecular weight excluding hydrogens is 294 g/mol. The molecule has 0 aliphatic heterocycles. The molecule has 2 aromatic rings. The number of carbonyl (C=O) groups is 2. The van der Waals surface area contributed by atoms with E-state index in [2.05, 4.69) is 10.3 Å². The van der Waals surface area contributed by atoms with Gasteiger partial charge in [0, 0.05) is 23.9 Å². The SMILES string of the molecule is COC(=O)[C@@H](NC(=O)c1cccc2cccnc12)[C@@H](C)CC#N. The Kier molecular flexibility index (Phi) is 5.26. The number of hydrogen-bond donors (Lipinski definition) is 1. The molecule has 0 aliphatic rings. The smallest absolute Gasteiger partial charge is 0.328 e. The molecule has 6 heteroatoms. The van der Waals surface area contributed by atoms with Crippen LogP contribution in [0.2, 0.25) is 0 Å². The van der Waals surface area contributed by atoms with Crippen LogP contribution in [0.15, 0.2) is 36.5 Å². The maximum atomic E-state index is 12.6. The summed E-state index contributed by atoms with van der Waals surface area (Å²) in [6, 6.07) is 10.0.